The van der Waals surface area contributed by atoms with Gasteiger partial charge in [0.2, 0.25) is 5.95 Å². The maximum absolute atomic E-state index is 4.32. The molecule has 0 saturated carbocycles. The van der Waals surface area contributed by atoms with Crippen LogP contribution in [-0.4, -0.2) is 16.1 Å². The van der Waals surface area contributed by atoms with Crippen LogP contribution in [0.15, 0.2) is 12.4 Å². The average Bonchev–Trinajstić information content (AvgIpc) is 2.69. The fourth-order valence-corrected chi connectivity index (χ4v) is 1.73. The Morgan fingerprint density at radius 2 is 2.19 bits per heavy atom. The molecule has 0 spiro atoms. The van der Waals surface area contributed by atoms with Gasteiger partial charge in [0.1, 0.15) is 0 Å². The van der Waals surface area contributed by atoms with Gasteiger partial charge in [0.05, 0.1) is 0 Å². The number of hydrogen-bond acceptors (Lipinski definition) is 2. The zero-order valence-electron chi connectivity index (χ0n) is 10.9. The third-order valence-corrected chi connectivity index (χ3v) is 2.68. The summed E-state index contributed by atoms with van der Waals surface area (Å²) in [7, 11) is 0. The standard InChI is InChI=1S/C13H25N3/c1-4-8-14-13-15-9-11-16(13)10-6-5-7-12(2)3/h9,11-12H,4-8,10H2,1-3H3,(H,14,15). The predicted molar refractivity (Wildman–Crippen MR) is 69.7 cm³/mol. The Morgan fingerprint density at radius 1 is 1.38 bits per heavy atom. The molecule has 0 unspecified atom stereocenters. The van der Waals surface area contributed by atoms with E-state index in [1.54, 1.807) is 0 Å². The van der Waals surface area contributed by atoms with E-state index in [4.69, 9.17) is 0 Å². The molecular weight excluding hydrogens is 198 g/mol. The van der Waals surface area contributed by atoms with Gasteiger partial charge in [0.25, 0.3) is 0 Å². The fourth-order valence-electron chi connectivity index (χ4n) is 1.73. The van der Waals surface area contributed by atoms with Crippen molar-refractivity contribution in [2.24, 2.45) is 5.92 Å². The minimum absolute atomic E-state index is 0.820. The first-order valence-corrected chi connectivity index (χ1v) is 6.49. The number of nitrogens with zero attached hydrogens (tertiary/aromatic N) is 2. The molecule has 0 aliphatic rings. The molecule has 0 radical (unpaired) electrons. The van der Waals surface area contributed by atoms with Crippen molar-refractivity contribution in [2.75, 3.05) is 11.9 Å². The molecule has 92 valence electrons. The third-order valence-electron chi connectivity index (χ3n) is 2.68. The molecule has 1 heterocycles. The quantitative estimate of drug-likeness (QED) is 0.683. The zero-order valence-corrected chi connectivity index (χ0v) is 10.9. The number of aryl methyl sites for hydroxylation is 1. The molecule has 1 aromatic heterocycles. The van der Waals surface area contributed by atoms with Crippen LogP contribution in [0.5, 0.6) is 0 Å². The van der Waals surface area contributed by atoms with Crippen LogP contribution in [0.1, 0.15) is 46.5 Å². The smallest absolute Gasteiger partial charge is 0.202 e. The number of anilines is 1. The Kier molecular flexibility index (Phi) is 5.98. The van der Waals surface area contributed by atoms with Crippen molar-refractivity contribution in [3.63, 3.8) is 0 Å². The fraction of sp³-hybridized carbons (Fsp3) is 0.769. The van der Waals surface area contributed by atoms with Crippen LogP contribution in [-0.2, 0) is 6.54 Å². The highest BCUT2D eigenvalue weighted by Crippen LogP contribution is 2.10. The Balaban J connectivity index is 2.27. The van der Waals surface area contributed by atoms with Crippen LogP contribution in [0.3, 0.4) is 0 Å². The van der Waals surface area contributed by atoms with E-state index in [1.807, 2.05) is 6.20 Å². The first kappa shape index (κ1) is 13.1. The van der Waals surface area contributed by atoms with Crippen LogP contribution in [0.2, 0.25) is 0 Å². The highest BCUT2D eigenvalue weighted by Gasteiger charge is 2.01. The maximum atomic E-state index is 4.32. The van der Waals surface area contributed by atoms with Crippen LogP contribution in [0, 0.1) is 5.92 Å². The summed E-state index contributed by atoms with van der Waals surface area (Å²) < 4.78 is 2.22. The van der Waals surface area contributed by atoms with Crippen molar-refractivity contribution >= 4 is 5.95 Å². The van der Waals surface area contributed by atoms with E-state index in [0.29, 0.717) is 0 Å². The largest absolute Gasteiger partial charge is 0.356 e. The molecule has 16 heavy (non-hydrogen) atoms. The van der Waals surface area contributed by atoms with E-state index in [0.717, 1.165) is 31.4 Å². The summed E-state index contributed by atoms with van der Waals surface area (Å²) in [4.78, 5) is 4.32. The predicted octanol–water partition coefficient (Wildman–Crippen LogP) is 3.53. The van der Waals surface area contributed by atoms with Crippen molar-refractivity contribution in [1.82, 2.24) is 9.55 Å². The molecule has 1 aromatic rings. The molecule has 0 bridgehead atoms. The topological polar surface area (TPSA) is 29.9 Å². The average molecular weight is 223 g/mol. The first-order valence-electron chi connectivity index (χ1n) is 6.49. The monoisotopic (exact) mass is 223 g/mol. The van der Waals surface area contributed by atoms with Crippen molar-refractivity contribution in [3.05, 3.63) is 12.4 Å². The lowest BCUT2D eigenvalue weighted by molar-refractivity contribution is 0.510. The molecule has 1 rings (SSSR count). The minimum atomic E-state index is 0.820. The molecule has 0 saturated heterocycles. The van der Waals surface area contributed by atoms with Crippen LogP contribution in [0.4, 0.5) is 5.95 Å². The van der Waals surface area contributed by atoms with Crippen molar-refractivity contribution < 1.29 is 0 Å². The second-order valence-electron chi connectivity index (χ2n) is 4.76. The molecular formula is C13H25N3. The molecule has 0 aromatic carbocycles. The highest BCUT2D eigenvalue weighted by molar-refractivity contribution is 5.25. The molecule has 0 amide bonds. The molecule has 1 N–H and O–H groups in total. The van der Waals surface area contributed by atoms with E-state index >= 15 is 0 Å². The van der Waals surface area contributed by atoms with Gasteiger partial charge in [-0.1, -0.05) is 33.6 Å². The SMILES string of the molecule is CCCNc1nccn1CCCCC(C)C. The van der Waals surface area contributed by atoms with E-state index in [-0.39, 0.29) is 0 Å². The second kappa shape index (κ2) is 7.31. The molecule has 3 heteroatoms. The van der Waals surface area contributed by atoms with Gasteiger partial charge in [-0.3, -0.25) is 0 Å². The van der Waals surface area contributed by atoms with Crippen LogP contribution >= 0.6 is 0 Å². The van der Waals surface area contributed by atoms with Gasteiger partial charge in [-0.2, -0.15) is 0 Å². The number of rotatable bonds is 8. The second-order valence-corrected chi connectivity index (χ2v) is 4.76. The van der Waals surface area contributed by atoms with E-state index in [9.17, 15) is 0 Å². The molecule has 0 atom stereocenters. The van der Waals surface area contributed by atoms with E-state index in [1.165, 1.54) is 19.3 Å². The summed E-state index contributed by atoms with van der Waals surface area (Å²) in [5.41, 5.74) is 0. The van der Waals surface area contributed by atoms with Crippen molar-refractivity contribution in [1.29, 1.82) is 0 Å². The number of hydrogen-bond donors (Lipinski definition) is 1. The maximum Gasteiger partial charge on any atom is 0.202 e. The summed E-state index contributed by atoms with van der Waals surface area (Å²) in [6.45, 7) is 8.82. The summed E-state index contributed by atoms with van der Waals surface area (Å²) in [5, 5.41) is 3.34. The zero-order chi connectivity index (χ0) is 11.8. The van der Waals surface area contributed by atoms with Gasteiger partial charge < -0.3 is 9.88 Å². The highest BCUT2D eigenvalue weighted by atomic mass is 15.2. The van der Waals surface area contributed by atoms with Gasteiger partial charge >= 0.3 is 0 Å². The molecule has 0 fully saturated rings. The summed E-state index contributed by atoms with van der Waals surface area (Å²) in [5.74, 6) is 1.84. The molecule has 3 nitrogen and oxygen atoms in total. The lowest BCUT2D eigenvalue weighted by Gasteiger charge is -2.09. The van der Waals surface area contributed by atoms with Crippen molar-refractivity contribution in [2.45, 2.75) is 53.0 Å². The van der Waals surface area contributed by atoms with Gasteiger partial charge in [-0.05, 0) is 18.8 Å². The number of unbranched alkanes of at least 4 members (excludes halogenated alkanes) is 1. The van der Waals surface area contributed by atoms with Crippen molar-refractivity contribution in [3.8, 4) is 0 Å². The lowest BCUT2D eigenvalue weighted by atomic mass is 10.1. The molecule has 0 aliphatic carbocycles. The first-order chi connectivity index (χ1) is 7.74. The van der Waals surface area contributed by atoms with Crippen LogP contribution < -0.4 is 5.32 Å². The minimum Gasteiger partial charge on any atom is -0.356 e. The third kappa shape index (κ3) is 4.69. The van der Waals surface area contributed by atoms with Gasteiger partial charge in [0.15, 0.2) is 0 Å². The summed E-state index contributed by atoms with van der Waals surface area (Å²) in [6, 6.07) is 0. The normalized spacial score (nSPS) is 11.0. The lowest BCUT2D eigenvalue weighted by Crippen LogP contribution is -2.08. The summed E-state index contributed by atoms with van der Waals surface area (Å²) in [6.07, 6.45) is 8.96. The number of aromatic nitrogens is 2. The molecule has 0 aliphatic heterocycles. The Hall–Kier alpha value is -0.990. The Bertz CT molecular complexity index is 278. The van der Waals surface area contributed by atoms with Crippen LogP contribution in [0.25, 0.3) is 0 Å². The number of imidazole rings is 1. The number of nitrogens with one attached hydrogen (secondary N) is 1. The van der Waals surface area contributed by atoms with Gasteiger partial charge in [0, 0.05) is 25.5 Å². The summed E-state index contributed by atoms with van der Waals surface area (Å²) >= 11 is 0. The van der Waals surface area contributed by atoms with Gasteiger partial charge in [-0.15, -0.1) is 0 Å². The Morgan fingerprint density at radius 3 is 2.88 bits per heavy atom. The Labute approximate surface area is 99.3 Å². The van der Waals surface area contributed by atoms with E-state index < -0.39 is 0 Å². The van der Waals surface area contributed by atoms with Gasteiger partial charge in [-0.25, -0.2) is 4.98 Å². The van der Waals surface area contributed by atoms with E-state index in [2.05, 4.69) is 41.8 Å².